The molecule has 4 fully saturated rings. The molecule has 0 aliphatic carbocycles. The van der Waals surface area contributed by atoms with Crippen LogP contribution in [-0.2, 0) is 19.1 Å². The topological polar surface area (TPSA) is 103 Å². The van der Waals surface area contributed by atoms with E-state index in [1.807, 2.05) is 0 Å². The van der Waals surface area contributed by atoms with E-state index in [1.54, 1.807) is 7.11 Å². The molecule has 4 saturated heterocycles. The highest BCUT2D eigenvalue weighted by molar-refractivity contribution is 6.03. The maximum absolute atomic E-state index is 12.6. The minimum atomic E-state index is -0.686. The Morgan fingerprint density at radius 2 is 1.88 bits per heavy atom. The minimum absolute atomic E-state index is 0.202. The van der Waals surface area contributed by atoms with Gasteiger partial charge < -0.3 is 20.3 Å². The van der Waals surface area contributed by atoms with E-state index in [2.05, 4.69) is 32.3 Å². The van der Waals surface area contributed by atoms with Gasteiger partial charge in [-0.25, -0.2) is 0 Å². The fourth-order valence-corrected chi connectivity index (χ4v) is 5.59. The number of carbonyl (C=O) groups is 3. The summed E-state index contributed by atoms with van der Waals surface area (Å²) in [6, 6.07) is -0.686. The molecule has 184 valence electrons. The predicted octanol–water partition coefficient (Wildman–Crippen LogP) is 0.224. The number of imide groups is 1. The standard InChI is InChI=1S/C24H39N5O4/c1-17(22(31)26-19-3-4-20(30)27-23(19)32)13-21(33-2)29-9-5-18(6-10-29)14-28-11-7-24(8-12-28)15-25-16-24/h18-19,21,25H,1,3-16H2,2H3,(H,26,31)(H,27,30,32). The molecule has 2 atom stereocenters. The van der Waals surface area contributed by atoms with E-state index < -0.39 is 11.9 Å². The van der Waals surface area contributed by atoms with Gasteiger partial charge in [-0.05, 0) is 56.5 Å². The zero-order chi connectivity index (χ0) is 23.4. The second-order valence-electron chi connectivity index (χ2n) is 10.4. The quantitative estimate of drug-likeness (QED) is 0.351. The SMILES string of the molecule is C=C(CC(OC)N1CCC(CN2CCC3(CC2)CNC3)CC1)C(=O)NC1CCC(=O)NC1=O. The number of methoxy groups -OCH3 is 1. The summed E-state index contributed by atoms with van der Waals surface area (Å²) >= 11 is 0. The predicted molar refractivity (Wildman–Crippen MR) is 124 cm³/mol. The Labute approximate surface area is 196 Å². The van der Waals surface area contributed by atoms with E-state index in [-0.39, 0.29) is 24.5 Å². The molecule has 0 bridgehead atoms. The Bertz CT molecular complexity index is 750. The Morgan fingerprint density at radius 1 is 1.18 bits per heavy atom. The highest BCUT2D eigenvalue weighted by Gasteiger charge is 2.40. The zero-order valence-electron chi connectivity index (χ0n) is 19.9. The first-order valence-corrected chi connectivity index (χ1v) is 12.4. The summed E-state index contributed by atoms with van der Waals surface area (Å²) < 4.78 is 5.71. The van der Waals surface area contributed by atoms with Crippen LogP contribution in [-0.4, -0.2) is 92.7 Å². The number of nitrogens with one attached hydrogen (secondary N) is 3. The van der Waals surface area contributed by atoms with Crippen LogP contribution in [0.5, 0.6) is 0 Å². The lowest BCUT2D eigenvalue weighted by Gasteiger charge is -2.49. The molecule has 4 aliphatic rings. The number of hydrogen-bond donors (Lipinski definition) is 3. The van der Waals surface area contributed by atoms with Crippen molar-refractivity contribution in [2.24, 2.45) is 11.3 Å². The van der Waals surface area contributed by atoms with Crippen LogP contribution in [0.2, 0.25) is 0 Å². The van der Waals surface area contributed by atoms with Gasteiger partial charge in [0.2, 0.25) is 17.7 Å². The van der Waals surface area contributed by atoms with Gasteiger partial charge >= 0.3 is 0 Å². The molecule has 4 heterocycles. The van der Waals surface area contributed by atoms with E-state index >= 15 is 0 Å². The van der Waals surface area contributed by atoms with Crippen LogP contribution in [0.15, 0.2) is 12.2 Å². The van der Waals surface area contributed by atoms with Gasteiger partial charge in [-0.1, -0.05) is 6.58 Å². The van der Waals surface area contributed by atoms with E-state index in [4.69, 9.17) is 4.74 Å². The van der Waals surface area contributed by atoms with Crippen LogP contribution in [0.4, 0.5) is 0 Å². The van der Waals surface area contributed by atoms with Gasteiger partial charge in [0.15, 0.2) is 0 Å². The van der Waals surface area contributed by atoms with Crippen molar-refractivity contribution in [1.82, 2.24) is 25.8 Å². The van der Waals surface area contributed by atoms with Crippen molar-refractivity contribution in [2.75, 3.05) is 52.9 Å². The summed E-state index contributed by atoms with van der Waals surface area (Å²) in [5.74, 6) is -0.393. The molecular weight excluding hydrogens is 422 g/mol. The highest BCUT2D eigenvalue weighted by atomic mass is 16.5. The molecule has 9 nitrogen and oxygen atoms in total. The zero-order valence-corrected chi connectivity index (χ0v) is 19.9. The normalized spacial score (nSPS) is 27.6. The summed E-state index contributed by atoms with van der Waals surface area (Å²) in [6.45, 7) is 11.9. The van der Waals surface area contributed by atoms with E-state index in [0.29, 0.717) is 29.7 Å². The fraction of sp³-hybridized carbons (Fsp3) is 0.792. The van der Waals surface area contributed by atoms with Crippen LogP contribution in [0.25, 0.3) is 0 Å². The number of carbonyl (C=O) groups excluding carboxylic acids is 3. The molecule has 0 aromatic rings. The molecule has 0 aromatic heterocycles. The molecule has 0 saturated carbocycles. The first kappa shape index (κ1) is 24.3. The lowest BCUT2D eigenvalue weighted by Crippen LogP contribution is -2.58. The lowest BCUT2D eigenvalue weighted by molar-refractivity contribution is -0.136. The average molecular weight is 462 g/mol. The van der Waals surface area contributed by atoms with Gasteiger partial charge in [-0.2, -0.15) is 0 Å². The summed E-state index contributed by atoms with van der Waals surface area (Å²) in [5, 5.41) is 8.40. The van der Waals surface area contributed by atoms with E-state index in [1.165, 1.54) is 45.6 Å². The smallest absolute Gasteiger partial charge is 0.249 e. The summed E-state index contributed by atoms with van der Waals surface area (Å²) in [6.07, 6.45) is 5.67. The van der Waals surface area contributed by atoms with E-state index in [9.17, 15) is 14.4 Å². The molecule has 1 spiro atoms. The molecular formula is C24H39N5O4. The number of rotatable bonds is 8. The number of amides is 3. The van der Waals surface area contributed by atoms with Crippen molar-refractivity contribution in [1.29, 1.82) is 0 Å². The second-order valence-corrected chi connectivity index (χ2v) is 10.4. The van der Waals surface area contributed by atoms with Gasteiger partial charge in [0.25, 0.3) is 0 Å². The van der Waals surface area contributed by atoms with Crippen LogP contribution in [0.1, 0.15) is 44.9 Å². The largest absolute Gasteiger partial charge is 0.366 e. The van der Waals surface area contributed by atoms with Crippen LogP contribution >= 0.6 is 0 Å². The van der Waals surface area contributed by atoms with Gasteiger partial charge in [0.1, 0.15) is 12.3 Å². The maximum Gasteiger partial charge on any atom is 0.249 e. The molecule has 3 N–H and O–H groups in total. The summed E-state index contributed by atoms with van der Waals surface area (Å²) in [5.41, 5.74) is 0.986. The monoisotopic (exact) mass is 461 g/mol. The Kier molecular flexibility index (Phi) is 7.83. The van der Waals surface area contributed by atoms with E-state index in [0.717, 1.165) is 25.9 Å². The number of likely N-dealkylation sites (tertiary alicyclic amines) is 2. The third-order valence-electron chi connectivity index (χ3n) is 8.05. The van der Waals surface area contributed by atoms with Crippen molar-refractivity contribution in [2.45, 2.75) is 57.2 Å². The van der Waals surface area contributed by atoms with Gasteiger partial charge in [0.05, 0.1) is 0 Å². The number of hydrogen-bond acceptors (Lipinski definition) is 7. The van der Waals surface area contributed by atoms with Crippen LogP contribution in [0.3, 0.4) is 0 Å². The Balaban J connectivity index is 1.18. The van der Waals surface area contributed by atoms with Gasteiger partial charge in [-0.3, -0.25) is 24.6 Å². The number of ether oxygens (including phenoxy) is 1. The average Bonchev–Trinajstić information content (AvgIpc) is 2.79. The first-order valence-electron chi connectivity index (χ1n) is 12.4. The van der Waals surface area contributed by atoms with Crippen molar-refractivity contribution in [3.63, 3.8) is 0 Å². The molecule has 4 aliphatic heterocycles. The molecule has 4 rings (SSSR count). The Hall–Kier alpha value is -1.81. The molecule has 2 unspecified atom stereocenters. The Morgan fingerprint density at radius 3 is 2.45 bits per heavy atom. The third kappa shape index (κ3) is 6.01. The van der Waals surface area contributed by atoms with Crippen molar-refractivity contribution in [3.8, 4) is 0 Å². The van der Waals surface area contributed by atoms with Crippen molar-refractivity contribution in [3.05, 3.63) is 12.2 Å². The molecule has 3 amide bonds. The highest BCUT2D eigenvalue weighted by Crippen LogP contribution is 2.35. The van der Waals surface area contributed by atoms with Crippen LogP contribution in [0, 0.1) is 11.3 Å². The van der Waals surface area contributed by atoms with Crippen LogP contribution < -0.4 is 16.0 Å². The lowest BCUT2D eigenvalue weighted by atomic mass is 9.73. The third-order valence-corrected chi connectivity index (χ3v) is 8.05. The molecule has 0 aromatic carbocycles. The maximum atomic E-state index is 12.6. The minimum Gasteiger partial charge on any atom is -0.366 e. The summed E-state index contributed by atoms with van der Waals surface area (Å²) in [4.78, 5) is 40.7. The van der Waals surface area contributed by atoms with Gasteiger partial charge in [-0.15, -0.1) is 0 Å². The molecule has 0 radical (unpaired) electrons. The molecule has 33 heavy (non-hydrogen) atoms. The fourth-order valence-electron chi connectivity index (χ4n) is 5.59. The first-order chi connectivity index (χ1) is 15.9. The number of nitrogens with zero attached hydrogens (tertiary/aromatic N) is 2. The van der Waals surface area contributed by atoms with Crippen molar-refractivity contribution >= 4 is 17.7 Å². The van der Waals surface area contributed by atoms with Gasteiger partial charge in [0, 0.05) is 58.2 Å². The number of piperidine rings is 3. The summed E-state index contributed by atoms with van der Waals surface area (Å²) in [7, 11) is 1.67. The molecule has 9 heteroatoms. The second kappa shape index (κ2) is 10.6. The van der Waals surface area contributed by atoms with Crippen molar-refractivity contribution < 1.29 is 19.1 Å².